The van der Waals surface area contributed by atoms with Gasteiger partial charge in [0.05, 0.1) is 10.5 Å². The van der Waals surface area contributed by atoms with Gasteiger partial charge in [-0.15, -0.1) is 0 Å². The molecule has 0 unspecified atom stereocenters. The van der Waals surface area contributed by atoms with Gasteiger partial charge in [0.15, 0.2) is 0 Å². The molecule has 1 N–H and O–H groups in total. The summed E-state index contributed by atoms with van der Waals surface area (Å²) in [6, 6.07) is 9.47. The minimum Gasteiger partial charge on any atom is -0.385 e. The molecule has 0 amide bonds. The van der Waals surface area contributed by atoms with Crippen LogP contribution in [-0.4, -0.2) is 34.9 Å². The summed E-state index contributed by atoms with van der Waals surface area (Å²) in [6.07, 6.45) is 3.01. The van der Waals surface area contributed by atoms with Crippen molar-refractivity contribution in [1.82, 2.24) is 9.29 Å². The van der Waals surface area contributed by atoms with Crippen LogP contribution in [0.15, 0.2) is 47.5 Å². The van der Waals surface area contributed by atoms with Crippen molar-refractivity contribution in [3.05, 3.63) is 59.7 Å². The molecule has 156 valence electrons. The first-order chi connectivity index (χ1) is 13.5. The van der Waals surface area contributed by atoms with E-state index in [-0.39, 0.29) is 40.8 Å². The van der Waals surface area contributed by atoms with Gasteiger partial charge < -0.3 is 5.11 Å². The summed E-state index contributed by atoms with van der Waals surface area (Å²) in [5, 5.41) is 11.2. The van der Waals surface area contributed by atoms with Gasteiger partial charge in [-0.05, 0) is 54.9 Å². The van der Waals surface area contributed by atoms with Crippen LogP contribution in [0.5, 0.6) is 0 Å². The maximum absolute atomic E-state index is 14.2. The van der Waals surface area contributed by atoms with E-state index in [0.29, 0.717) is 12.8 Å². The average molecular weight is 419 g/mol. The minimum atomic E-state index is -3.69. The Morgan fingerprint density at radius 3 is 2.21 bits per heavy atom. The van der Waals surface area contributed by atoms with Crippen LogP contribution >= 0.6 is 0 Å². The van der Waals surface area contributed by atoms with Crippen molar-refractivity contribution in [3.63, 3.8) is 0 Å². The molecule has 7 heteroatoms. The van der Waals surface area contributed by atoms with Gasteiger partial charge in [0, 0.05) is 23.8 Å². The molecule has 0 radical (unpaired) electrons. The number of hydrogen-bond acceptors (Lipinski definition) is 4. The highest BCUT2D eigenvalue weighted by Gasteiger charge is 2.53. The standard InChI is InChI=1S/C22H27FN2O3S/c1-21(2,3)15-6-10-18(11-7-15)29(27,28)25-16-8-9-17(25)14-22(26,13-16)19-5-4-12-24-20(19)23/h4-7,10-12,16-17,26H,8-9,13-14H2,1-3H3/t16-,17-/m0/s1. The SMILES string of the molecule is CC(C)(C)c1ccc(S(=O)(=O)N2[C@H]3CC[C@H]2CC(O)(c2cccnc2F)C3)cc1. The topological polar surface area (TPSA) is 70.5 Å². The van der Waals surface area contributed by atoms with Crippen molar-refractivity contribution < 1.29 is 17.9 Å². The highest BCUT2D eigenvalue weighted by Crippen LogP contribution is 2.48. The Balaban J connectivity index is 1.64. The lowest BCUT2D eigenvalue weighted by Gasteiger charge is -2.43. The van der Waals surface area contributed by atoms with Crippen LogP contribution in [-0.2, 0) is 21.0 Å². The number of halogens is 1. The van der Waals surface area contributed by atoms with Crippen molar-refractivity contribution in [2.75, 3.05) is 0 Å². The van der Waals surface area contributed by atoms with E-state index < -0.39 is 21.6 Å². The maximum Gasteiger partial charge on any atom is 0.243 e. The van der Waals surface area contributed by atoms with Crippen LogP contribution in [0.1, 0.15) is 57.6 Å². The van der Waals surface area contributed by atoms with E-state index in [2.05, 4.69) is 25.8 Å². The van der Waals surface area contributed by atoms with Crippen molar-refractivity contribution >= 4 is 10.0 Å². The van der Waals surface area contributed by atoms with Crippen LogP contribution < -0.4 is 0 Å². The minimum absolute atomic E-state index is 0.0588. The third kappa shape index (κ3) is 3.49. The van der Waals surface area contributed by atoms with E-state index >= 15 is 0 Å². The molecule has 2 bridgehead atoms. The summed E-state index contributed by atoms with van der Waals surface area (Å²) >= 11 is 0. The van der Waals surface area contributed by atoms with Gasteiger partial charge in [-0.1, -0.05) is 39.0 Å². The molecule has 1 aromatic heterocycles. The molecule has 2 atom stereocenters. The summed E-state index contributed by atoms with van der Waals surface area (Å²) in [6.45, 7) is 6.25. The fourth-order valence-electron chi connectivity index (χ4n) is 4.78. The summed E-state index contributed by atoms with van der Waals surface area (Å²) in [5.41, 5.74) is -0.230. The molecule has 2 fully saturated rings. The second-order valence-electron chi connectivity index (χ2n) is 9.28. The monoisotopic (exact) mass is 418 g/mol. The largest absolute Gasteiger partial charge is 0.385 e. The Kier molecular flexibility index (Phi) is 4.83. The van der Waals surface area contributed by atoms with Crippen molar-refractivity contribution in [1.29, 1.82) is 0 Å². The first kappa shape index (κ1) is 20.4. The van der Waals surface area contributed by atoms with Crippen LogP contribution in [0.25, 0.3) is 0 Å². The van der Waals surface area contributed by atoms with Gasteiger partial charge in [-0.3, -0.25) is 0 Å². The Morgan fingerprint density at radius 2 is 1.69 bits per heavy atom. The molecule has 1 aromatic carbocycles. The number of aromatic nitrogens is 1. The third-order valence-corrected chi connectivity index (χ3v) is 8.27. The van der Waals surface area contributed by atoms with Crippen molar-refractivity contribution in [2.45, 2.75) is 74.4 Å². The molecule has 0 saturated carbocycles. The molecule has 3 heterocycles. The summed E-state index contributed by atoms with van der Waals surface area (Å²) in [7, 11) is -3.69. The summed E-state index contributed by atoms with van der Waals surface area (Å²) in [5.74, 6) is -0.691. The van der Waals surface area contributed by atoms with E-state index in [1.807, 2.05) is 12.1 Å². The predicted octanol–water partition coefficient (Wildman–Crippen LogP) is 3.72. The number of benzene rings is 1. The maximum atomic E-state index is 14.2. The number of piperidine rings is 1. The first-order valence-electron chi connectivity index (χ1n) is 10.00. The van der Waals surface area contributed by atoms with Gasteiger partial charge in [-0.25, -0.2) is 13.4 Å². The zero-order valence-corrected chi connectivity index (χ0v) is 17.8. The van der Waals surface area contributed by atoms with Gasteiger partial charge >= 0.3 is 0 Å². The number of hydrogen-bond donors (Lipinski definition) is 1. The van der Waals surface area contributed by atoms with Gasteiger partial charge in [-0.2, -0.15) is 8.70 Å². The molecular weight excluding hydrogens is 391 g/mol. The van der Waals surface area contributed by atoms with Crippen LogP contribution in [0, 0.1) is 5.95 Å². The number of aliphatic hydroxyl groups is 1. The molecule has 29 heavy (non-hydrogen) atoms. The van der Waals surface area contributed by atoms with Gasteiger partial charge in [0.25, 0.3) is 0 Å². The molecule has 2 aromatic rings. The molecule has 0 spiro atoms. The van der Waals surface area contributed by atoms with Crippen LogP contribution in [0.2, 0.25) is 0 Å². The van der Waals surface area contributed by atoms with E-state index in [1.165, 1.54) is 12.3 Å². The molecular formula is C22H27FN2O3S. The second kappa shape index (κ2) is 6.86. The Hall–Kier alpha value is -1.83. The lowest BCUT2D eigenvalue weighted by Crippen LogP contribution is -2.52. The number of pyridine rings is 1. The zero-order chi connectivity index (χ0) is 21.0. The number of sulfonamides is 1. The zero-order valence-electron chi connectivity index (χ0n) is 17.0. The first-order valence-corrected chi connectivity index (χ1v) is 11.4. The number of fused-ring (bicyclic) bond motifs is 2. The fourth-order valence-corrected chi connectivity index (χ4v) is 6.65. The Bertz CT molecular complexity index is 1000. The Labute approximate surface area is 171 Å². The molecule has 2 saturated heterocycles. The lowest BCUT2D eigenvalue weighted by molar-refractivity contribution is -0.0370. The normalized spacial score (nSPS) is 27.9. The third-order valence-electron chi connectivity index (χ3n) is 6.26. The Morgan fingerprint density at radius 1 is 1.10 bits per heavy atom. The molecule has 5 nitrogen and oxygen atoms in total. The molecule has 4 rings (SSSR count). The van der Waals surface area contributed by atoms with E-state index in [1.54, 1.807) is 22.5 Å². The molecule has 2 aliphatic heterocycles. The van der Waals surface area contributed by atoms with Crippen molar-refractivity contribution in [3.8, 4) is 0 Å². The fraction of sp³-hybridized carbons (Fsp3) is 0.500. The second-order valence-corrected chi connectivity index (χ2v) is 11.1. The van der Waals surface area contributed by atoms with E-state index in [0.717, 1.165) is 5.56 Å². The van der Waals surface area contributed by atoms with Crippen molar-refractivity contribution in [2.24, 2.45) is 0 Å². The van der Waals surface area contributed by atoms with E-state index in [4.69, 9.17) is 0 Å². The molecule has 0 aliphatic carbocycles. The average Bonchev–Trinajstić information content (AvgIpc) is 2.95. The molecule has 2 aliphatic rings. The van der Waals surface area contributed by atoms with E-state index in [9.17, 15) is 17.9 Å². The summed E-state index contributed by atoms with van der Waals surface area (Å²) in [4.78, 5) is 3.92. The quantitative estimate of drug-likeness (QED) is 0.772. The van der Waals surface area contributed by atoms with Crippen LogP contribution in [0.4, 0.5) is 4.39 Å². The number of rotatable bonds is 3. The summed E-state index contributed by atoms with van der Waals surface area (Å²) < 4.78 is 42.5. The van der Waals surface area contributed by atoms with Crippen LogP contribution in [0.3, 0.4) is 0 Å². The highest BCUT2D eigenvalue weighted by molar-refractivity contribution is 7.89. The lowest BCUT2D eigenvalue weighted by atomic mass is 9.82. The smallest absolute Gasteiger partial charge is 0.243 e. The van der Waals surface area contributed by atoms with Gasteiger partial charge in [0.2, 0.25) is 16.0 Å². The highest BCUT2D eigenvalue weighted by atomic mass is 32.2. The van der Waals surface area contributed by atoms with Gasteiger partial charge in [0.1, 0.15) is 0 Å². The number of nitrogens with zero attached hydrogens (tertiary/aromatic N) is 2. The predicted molar refractivity (Wildman–Crippen MR) is 108 cm³/mol.